The van der Waals surface area contributed by atoms with E-state index in [1.807, 2.05) is 13.8 Å². The van der Waals surface area contributed by atoms with E-state index in [4.69, 9.17) is 9.05 Å². The lowest BCUT2D eigenvalue weighted by molar-refractivity contribution is 0.192. The van der Waals surface area contributed by atoms with Crippen molar-refractivity contribution in [3.63, 3.8) is 0 Å². The third-order valence-electron chi connectivity index (χ3n) is 4.03. The molecule has 0 amide bonds. The molecular formula is C19H41O3P. The molecule has 0 aliphatic carbocycles. The van der Waals surface area contributed by atoms with E-state index < -0.39 is 7.60 Å². The molecule has 0 aromatic heterocycles. The average molecular weight is 349 g/mol. The smallest absolute Gasteiger partial charge is 0.308 e. The molecule has 4 heteroatoms. The predicted octanol–water partition coefficient (Wildman–Crippen LogP) is 7.05. The first-order valence-electron chi connectivity index (χ1n) is 9.66. The maximum atomic E-state index is 12.8. The predicted molar refractivity (Wildman–Crippen MR) is 101 cm³/mol. The van der Waals surface area contributed by atoms with E-state index in [1.54, 1.807) is 0 Å². The molecule has 0 aliphatic rings. The molecule has 23 heavy (non-hydrogen) atoms. The van der Waals surface area contributed by atoms with Crippen LogP contribution >= 0.6 is 7.60 Å². The van der Waals surface area contributed by atoms with Crippen molar-refractivity contribution in [2.75, 3.05) is 13.2 Å². The summed E-state index contributed by atoms with van der Waals surface area (Å²) in [6, 6.07) is 0. The summed E-state index contributed by atoms with van der Waals surface area (Å²) < 4.78 is 24.1. The molecule has 0 unspecified atom stereocenters. The van der Waals surface area contributed by atoms with E-state index in [1.165, 1.54) is 25.7 Å². The Bertz CT molecular complexity index is 290. The van der Waals surface area contributed by atoms with Crippen LogP contribution in [0, 0.1) is 11.8 Å². The molecule has 0 fully saturated rings. The summed E-state index contributed by atoms with van der Waals surface area (Å²) in [4.78, 5) is 0. The highest BCUT2D eigenvalue weighted by atomic mass is 31.2. The third-order valence-corrected chi connectivity index (χ3v) is 6.38. The van der Waals surface area contributed by atoms with Crippen molar-refractivity contribution in [1.29, 1.82) is 0 Å². The largest absolute Gasteiger partial charge is 0.333 e. The van der Waals surface area contributed by atoms with E-state index in [2.05, 4.69) is 27.7 Å². The van der Waals surface area contributed by atoms with Crippen molar-refractivity contribution in [3.8, 4) is 0 Å². The van der Waals surface area contributed by atoms with Crippen molar-refractivity contribution in [1.82, 2.24) is 0 Å². The Morgan fingerprint density at radius 2 is 1.04 bits per heavy atom. The molecule has 0 spiro atoms. The van der Waals surface area contributed by atoms with Gasteiger partial charge in [-0.25, -0.2) is 0 Å². The fourth-order valence-corrected chi connectivity index (χ4v) is 3.82. The Hall–Kier alpha value is 0.150. The number of unbranched alkanes of at least 4 members (excludes halogenated alkanes) is 4. The molecule has 0 aromatic carbocycles. The SMILES string of the molecule is CC(C)CCCCCOP(=O)(OCCCCCC(C)C)C(C)C. The van der Waals surface area contributed by atoms with E-state index in [0.717, 1.165) is 37.5 Å². The van der Waals surface area contributed by atoms with Gasteiger partial charge in [0, 0.05) is 0 Å². The molecule has 0 saturated heterocycles. The first-order chi connectivity index (χ1) is 10.8. The quantitative estimate of drug-likeness (QED) is 0.235. The van der Waals surface area contributed by atoms with Crippen LogP contribution < -0.4 is 0 Å². The zero-order valence-electron chi connectivity index (χ0n) is 16.5. The van der Waals surface area contributed by atoms with Gasteiger partial charge in [0.05, 0.1) is 18.9 Å². The standard InChI is InChI=1S/C19H41O3P/c1-17(2)13-9-7-11-15-21-23(20,19(5)6)22-16-12-8-10-14-18(3)4/h17-19H,7-16H2,1-6H3. The highest BCUT2D eigenvalue weighted by Gasteiger charge is 2.28. The second-order valence-corrected chi connectivity index (χ2v) is 10.4. The zero-order chi connectivity index (χ0) is 17.7. The molecular weight excluding hydrogens is 307 g/mol. The van der Waals surface area contributed by atoms with Gasteiger partial charge in [0.1, 0.15) is 0 Å². The van der Waals surface area contributed by atoms with Gasteiger partial charge in [0.2, 0.25) is 0 Å². The summed E-state index contributed by atoms with van der Waals surface area (Å²) in [5.41, 5.74) is -0.0613. The van der Waals surface area contributed by atoms with E-state index >= 15 is 0 Å². The van der Waals surface area contributed by atoms with Crippen LogP contribution in [0.25, 0.3) is 0 Å². The lowest BCUT2D eigenvalue weighted by Crippen LogP contribution is -2.08. The average Bonchev–Trinajstić information content (AvgIpc) is 2.45. The molecule has 0 rings (SSSR count). The molecule has 0 atom stereocenters. The van der Waals surface area contributed by atoms with Crippen LogP contribution in [-0.2, 0) is 13.6 Å². The molecule has 0 aliphatic heterocycles. The zero-order valence-corrected chi connectivity index (χ0v) is 17.4. The summed E-state index contributed by atoms with van der Waals surface area (Å²) in [7, 11) is -2.93. The first kappa shape index (κ1) is 23.1. The fraction of sp³-hybridized carbons (Fsp3) is 1.00. The number of rotatable bonds is 15. The lowest BCUT2D eigenvalue weighted by atomic mass is 10.1. The molecule has 0 saturated carbocycles. The Morgan fingerprint density at radius 1 is 0.652 bits per heavy atom. The monoisotopic (exact) mass is 348 g/mol. The highest BCUT2D eigenvalue weighted by Crippen LogP contribution is 2.53. The normalized spacial score (nSPS) is 12.7. The molecule has 0 heterocycles. The maximum Gasteiger partial charge on any atom is 0.333 e. The van der Waals surface area contributed by atoms with Crippen LogP contribution in [0.1, 0.15) is 92.9 Å². The van der Waals surface area contributed by atoms with Gasteiger partial charge in [-0.3, -0.25) is 4.57 Å². The van der Waals surface area contributed by atoms with Gasteiger partial charge in [-0.15, -0.1) is 0 Å². The molecule has 0 aromatic rings. The molecule has 0 radical (unpaired) electrons. The number of hydrogen-bond donors (Lipinski definition) is 0. The van der Waals surface area contributed by atoms with Crippen LogP contribution in [-0.4, -0.2) is 18.9 Å². The van der Waals surface area contributed by atoms with Gasteiger partial charge in [-0.1, -0.05) is 80.1 Å². The van der Waals surface area contributed by atoms with Crippen LogP contribution in [0.15, 0.2) is 0 Å². The molecule has 140 valence electrons. The van der Waals surface area contributed by atoms with Gasteiger partial charge in [-0.05, 0) is 24.7 Å². The van der Waals surface area contributed by atoms with Crippen LogP contribution in [0.2, 0.25) is 0 Å². The minimum atomic E-state index is -2.93. The Balaban J connectivity index is 3.86. The van der Waals surface area contributed by atoms with E-state index in [0.29, 0.717) is 13.2 Å². The molecule has 0 N–H and O–H groups in total. The number of hydrogen-bond acceptors (Lipinski definition) is 3. The Labute approximate surface area is 145 Å². The van der Waals surface area contributed by atoms with Crippen molar-refractivity contribution < 1.29 is 13.6 Å². The summed E-state index contributed by atoms with van der Waals surface area (Å²) in [5, 5.41) is 0. The van der Waals surface area contributed by atoms with Crippen molar-refractivity contribution in [2.24, 2.45) is 11.8 Å². The maximum absolute atomic E-state index is 12.8. The van der Waals surface area contributed by atoms with E-state index in [9.17, 15) is 4.57 Å². The topological polar surface area (TPSA) is 35.5 Å². The summed E-state index contributed by atoms with van der Waals surface area (Å²) in [6.45, 7) is 14.0. The van der Waals surface area contributed by atoms with Crippen molar-refractivity contribution in [3.05, 3.63) is 0 Å². The van der Waals surface area contributed by atoms with Gasteiger partial charge >= 0.3 is 7.60 Å². The fourth-order valence-electron chi connectivity index (χ4n) is 2.38. The first-order valence-corrected chi connectivity index (χ1v) is 11.3. The lowest BCUT2D eigenvalue weighted by Gasteiger charge is -2.22. The van der Waals surface area contributed by atoms with Gasteiger partial charge in [0.15, 0.2) is 0 Å². The minimum Gasteiger partial charge on any atom is -0.308 e. The molecule has 3 nitrogen and oxygen atoms in total. The second-order valence-electron chi connectivity index (χ2n) is 7.79. The van der Waals surface area contributed by atoms with Crippen LogP contribution in [0.5, 0.6) is 0 Å². The van der Waals surface area contributed by atoms with Gasteiger partial charge in [0.25, 0.3) is 0 Å². The Morgan fingerprint density at radius 3 is 1.35 bits per heavy atom. The second kappa shape index (κ2) is 13.4. The summed E-state index contributed by atoms with van der Waals surface area (Å²) in [5.74, 6) is 1.52. The van der Waals surface area contributed by atoms with Crippen LogP contribution in [0.3, 0.4) is 0 Å². The highest BCUT2D eigenvalue weighted by molar-refractivity contribution is 7.54. The van der Waals surface area contributed by atoms with E-state index in [-0.39, 0.29) is 5.66 Å². The minimum absolute atomic E-state index is 0.0613. The summed E-state index contributed by atoms with van der Waals surface area (Å²) in [6.07, 6.45) is 9.20. The van der Waals surface area contributed by atoms with Crippen molar-refractivity contribution in [2.45, 2.75) is 98.6 Å². The van der Waals surface area contributed by atoms with Gasteiger partial charge < -0.3 is 9.05 Å². The third kappa shape index (κ3) is 13.2. The summed E-state index contributed by atoms with van der Waals surface area (Å²) >= 11 is 0. The van der Waals surface area contributed by atoms with Gasteiger partial charge in [-0.2, -0.15) is 0 Å². The van der Waals surface area contributed by atoms with Crippen molar-refractivity contribution >= 4 is 7.60 Å². The molecule has 0 bridgehead atoms. The van der Waals surface area contributed by atoms with Crippen LogP contribution in [0.4, 0.5) is 0 Å². The Kier molecular flexibility index (Phi) is 13.5.